The Hall–Kier alpha value is -2.65. The molecule has 0 saturated carbocycles. The summed E-state index contributed by atoms with van der Waals surface area (Å²) in [5, 5.41) is 9.12. The number of benzene rings is 2. The van der Waals surface area contributed by atoms with Crippen molar-refractivity contribution in [1.29, 1.82) is 5.26 Å². The molecular formula is C15H11NO4S. The number of nitriles is 1. The Balaban J connectivity index is 2.46. The van der Waals surface area contributed by atoms with E-state index in [1.165, 1.54) is 18.2 Å². The van der Waals surface area contributed by atoms with E-state index in [2.05, 4.69) is 0 Å². The Labute approximate surface area is 122 Å². The quantitative estimate of drug-likeness (QED) is 0.810. The molecule has 0 heterocycles. The lowest BCUT2D eigenvalue weighted by Crippen LogP contribution is -1.99. The van der Waals surface area contributed by atoms with Gasteiger partial charge in [-0.15, -0.1) is 0 Å². The van der Waals surface area contributed by atoms with Gasteiger partial charge >= 0.3 is 0 Å². The number of rotatable bonds is 4. The van der Waals surface area contributed by atoms with Crippen molar-refractivity contribution >= 4 is 16.1 Å². The van der Waals surface area contributed by atoms with Gasteiger partial charge in [-0.1, -0.05) is 12.1 Å². The van der Waals surface area contributed by atoms with Crippen molar-refractivity contribution in [2.75, 3.05) is 6.26 Å². The fourth-order valence-electron chi connectivity index (χ4n) is 1.71. The molecule has 0 bridgehead atoms. The maximum Gasteiger partial charge on any atom is 0.175 e. The van der Waals surface area contributed by atoms with Crippen LogP contribution in [0.25, 0.3) is 0 Å². The molecule has 0 saturated heterocycles. The summed E-state index contributed by atoms with van der Waals surface area (Å²) in [6.07, 6.45) is 1.71. The number of carbonyl (C=O) groups excluding carboxylic acids is 1. The fourth-order valence-corrected chi connectivity index (χ4v) is 2.35. The normalized spacial score (nSPS) is 10.7. The van der Waals surface area contributed by atoms with Crippen molar-refractivity contribution in [3.63, 3.8) is 0 Å². The highest BCUT2D eigenvalue weighted by atomic mass is 32.2. The zero-order valence-corrected chi connectivity index (χ0v) is 11.9. The first kappa shape index (κ1) is 14.8. The van der Waals surface area contributed by atoms with Crippen molar-refractivity contribution in [3.05, 3.63) is 53.6 Å². The van der Waals surface area contributed by atoms with Crippen LogP contribution in [-0.2, 0) is 9.84 Å². The van der Waals surface area contributed by atoms with Crippen LogP contribution in [0.2, 0.25) is 0 Å². The Morgan fingerprint density at radius 2 is 1.86 bits per heavy atom. The van der Waals surface area contributed by atoms with Gasteiger partial charge in [-0.2, -0.15) is 5.26 Å². The highest BCUT2D eigenvalue weighted by Crippen LogP contribution is 2.28. The monoisotopic (exact) mass is 301 g/mol. The van der Waals surface area contributed by atoms with Crippen LogP contribution < -0.4 is 4.74 Å². The second-order valence-electron chi connectivity index (χ2n) is 4.30. The van der Waals surface area contributed by atoms with Gasteiger partial charge in [0.2, 0.25) is 0 Å². The van der Waals surface area contributed by atoms with Crippen molar-refractivity contribution in [1.82, 2.24) is 0 Å². The molecule has 2 rings (SSSR count). The average Bonchev–Trinajstić information content (AvgIpc) is 2.47. The molecule has 0 atom stereocenters. The molecule has 2 aromatic carbocycles. The first-order valence-corrected chi connectivity index (χ1v) is 7.81. The third-order valence-electron chi connectivity index (χ3n) is 2.77. The van der Waals surface area contributed by atoms with E-state index in [1.54, 1.807) is 24.3 Å². The van der Waals surface area contributed by atoms with Crippen molar-refractivity contribution in [3.8, 4) is 17.6 Å². The van der Waals surface area contributed by atoms with E-state index in [4.69, 9.17) is 10.00 Å². The topological polar surface area (TPSA) is 84.2 Å². The maximum absolute atomic E-state index is 11.5. The molecule has 106 valence electrons. The van der Waals surface area contributed by atoms with Crippen LogP contribution >= 0.6 is 0 Å². The van der Waals surface area contributed by atoms with Crippen LogP contribution in [0.5, 0.6) is 11.5 Å². The van der Waals surface area contributed by atoms with Gasteiger partial charge < -0.3 is 4.74 Å². The largest absolute Gasteiger partial charge is 0.455 e. The van der Waals surface area contributed by atoms with Gasteiger partial charge in [0.15, 0.2) is 16.1 Å². The van der Waals surface area contributed by atoms with Crippen molar-refractivity contribution in [2.24, 2.45) is 0 Å². The van der Waals surface area contributed by atoms with Gasteiger partial charge in [0.05, 0.1) is 16.0 Å². The van der Waals surface area contributed by atoms with Crippen LogP contribution in [0, 0.1) is 11.3 Å². The average molecular weight is 301 g/mol. The molecule has 6 heteroatoms. The minimum absolute atomic E-state index is 0.0371. The lowest BCUT2D eigenvalue weighted by molar-refractivity contribution is 0.112. The third kappa shape index (κ3) is 3.27. The molecule has 0 aliphatic rings. The standard InChI is InChI=1S/C15H11NO4S/c1-21(18,19)13-6-7-15(12(8-13)9-16)20-14-5-3-2-4-11(14)10-17/h2-8,10H,1H3. The van der Waals surface area contributed by atoms with Gasteiger partial charge in [-0.25, -0.2) is 8.42 Å². The van der Waals surface area contributed by atoms with Gasteiger partial charge in [0, 0.05) is 6.26 Å². The van der Waals surface area contributed by atoms with Gasteiger partial charge in [-0.3, -0.25) is 4.79 Å². The summed E-state index contributed by atoms with van der Waals surface area (Å²) in [5.41, 5.74) is 0.423. The maximum atomic E-state index is 11.5. The van der Waals surface area contributed by atoms with Crippen molar-refractivity contribution < 1.29 is 17.9 Å². The zero-order valence-electron chi connectivity index (χ0n) is 11.1. The summed E-state index contributed by atoms with van der Waals surface area (Å²) >= 11 is 0. The Morgan fingerprint density at radius 1 is 1.14 bits per heavy atom. The lowest BCUT2D eigenvalue weighted by Gasteiger charge is -2.10. The number of nitrogens with zero attached hydrogens (tertiary/aromatic N) is 1. The van der Waals surface area contributed by atoms with E-state index in [1.807, 2.05) is 6.07 Å². The summed E-state index contributed by atoms with van der Waals surface area (Å²) in [6, 6.07) is 12.4. The number of hydrogen-bond donors (Lipinski definition) is 0. The van der Waals surface area contributed by atoms with Gasteiger partial charge in [0.25, 0.3) is 0 Å². The van der Waals surface area contributed by atoms with Gasteiger partial charge in [0.1, 0.15) is 17.6 Å². The molecule has 0 fully saturated rings. The SMILES string of the molecule is CS(=O)(=O)c1ccc(Oc2ccccc2C=O)c(C#N)c1. The Kier molecular flexibility index (Phi) is 4.05. The smallest absolute Gasteiger partial charge is 0.175 e. The summed E-state index contributed by atoms with van der Waals surface area (Å²) in [7, 11) is -3.40. The van der Waals surface area contributed by atoms with E-state index in [0.717, 1.165) is 6.26 Å². The molecule has 0 N–H and O–H groups in total. The molecule has 2 aromatic rings. The zero-order chi connectivity index (χ0) is 15.5. The molecule has 21 heavy (non-hydrogen) atoms. The second kappa shape index (κ2) is 5.77. The number of ether oxygens (including phenoxy) is 1. The van der Waals surface area contributed by atoms with E-state index < -0.39 is 9.84 Å². The highest BCUT2D eigenvalue weighted by molar-refractivity contribution is 7.90. The van der Waals surface area contributed by atoms with E-state index >= 15 is 0 Å². The number of aldehydes is 1. The predicted molar refractivity (Wildman–Crippen MR) is 76.2 cm³/mol. The molecule has 0 aliphatic heterocycles. The van der Waals surface area contributed by atoms with Crippen LogP contribution in [0.15, 0.2) is 47.4 Å². The molecule has 5 nitrogen and oxygen atoms in total. The second-order valence-corrected chi connectivity index (χ2v) is 6.32. The minimum atomic E-state index is -3.40. The lowest BCUT2D eigenvalue weighted by atomic mass is 10.2. The molecule has 0 aliphatic carbocycles. The van der Waals surface area contributed by atoms with Crippen LogP contribution in [0.4, 0.5) is 0 Å². The molecule has 0 amide bonds. The molecule has 0 spiro atoms. The minimum Gasteiger partial charge on any atom is -0.455 e. The first-order valence-electron chi connectivity index (χ1n) is 5.92. The fraction of sp³-hybridized carbons (Fsp3) is 0.0667. The molecule has 0 aromatic heterocycles. The Bertz CT molecular complexity index is 835. The summed E-state index contributed by atoms with van der Waals surface area (Å²) in [5.74, 6) is 0.496. The highest BCUT2D eigenvalue weighted by Gasteiger charge is 2.13. The molecule has 0 unspecified atom stereocenters. The predicted octanol–water partition coefficient (Wildman–Crippen LogP) is 2.57. The van der Waals surface area contributed by atoms with E-state index in [0.29, 0.717) is 17.6 Å². The third-order valence-corrected chi connectivity index (χ3v) is 3.88. The van der Waals surface area contributed by atoms with Crippen molar-refractivity contribution in [2.45, 2.75) is 4.90 Å². The number of hydrogen-bond acceptors (Lipinski definition) is 5. The van der Waals surface area contributed by atoms with Crippen LogP contribution in [0.3, 0.4) is 0 Å². The first-order chi connectivity index (χ1) is 9.95. The Morgan fingerprint density at radius 3 is 2.48 bits per heavy atom. The number of carbonyl (C=O) groups is 1. The summed E-state index contributed by atoms with van der Waals surface area (Å²) in [6.45, 7) is 0. The number of sulfone groups is 1. The number of para-hydroxylation sites is 1. The van der Waals surface area contributed by atoms with Crippen LogP contribution in [0.1, 0.15) is 15.9 Å². The molecule has 0 radical (unpaired) electrons. The summed E-state index contributed by atoms with van der Waals surface area (Å²) in [4.78, 5) is 11.0. The summed E-state index contributed by atoms with van der Waals surface area (Å²) < 4.78 is 28.5. The van der Waals surface area contributed by atoms with E-state index in [9.17, 15) is 13.2 Å². The van der Waals surface area contributed by atoms with Crippen LogP contribution in [-0.4, -0.2) is 21.0 Å². The molecular weight excluding hydrogens is 290 g/mol. The van der Waals surface area contributed by atoms with Gasteiger partial charge in [-0.05, 0) is 30.3 Å². The van der Waals surface area contributed by atoms with E-state index in [-0.39, 0.29) is 16.2 Å².